The lowest BCUT2D eigenvalue weighted by Crippen LogP contribution is -2.20. The Morgan fingerprint density at radius 3 is 2.61 bits per heavy atom. The Labute approximate surface area is 106 Å². The van der Waals surface area contributed by atoms with Crippen LogP contribution in [0.1, 0.15) is 19.3 Å². The summed E-state index contributed by atoms with van der Waals surface area (Å²) in [5.41, 5.74) is 5.86. The molecule has 1 saturated carbocycles. The topological polar surface area (TPSA) is 100 Å². The minimum absolute atomic E-state index is 0.211. The van der Waals surface area contributed by atoms with Crippen LogP contribution in [0.25, 0.3) is 0 Å². The molecule has 0 saturated heterocycles. The van der Waals surface area contributed by atoms with Crippen molar-refractivity contribution in [2.75, 3.05) is 43.2 Å². The fourth-order valence-corrected chi connectivity index (χ4v) is 1.86. The van der Waals surface area contributed by atoms with Gasteiger partial charge in [0.1, 0.15) is 0 Å². The Kier molecular flexibility index (Phi) is 3.51. The van der Waals surface area contributed by atoms with Gasteiger partial charge in [-0.25, -0.2) is 0 Å². The molecule has 1 aliphatic rings. The van der Waals surface area contributed by atoms with E-state index in [9.17, 15) is 0 Å². The number of aliphatic hydroxyl groups excluding tert-OH is 1. The van der Waals surface area contributed by atoms with Crippen molar-refractivity contribution in [2.45, 2.75) is 19.3 Å². The molecule has 7 nitrogen and oxygen atoms in total. The molecule has 1 aliphatic carbocycles. The van der Waals surface area contributed by atoms with Gasteiger partial charge in [-0.2, -0.15) is 15.0 Å². The first kappa shape index (κ1) is 12.8. The Hall–Kier alpha value is -1.63. The number of aromatic nitrogens is 3. The zero-order valence-electron chi connectivity index (χ0n) is 10.8. The Morgan fingerprint density at radius 1 is 1.33 bits per heavy atom. The summed E-state index contributed by atoms with van der Waals surface area (Å²) in [5.74, 6) is 1.25. The molecule has 0 radical (unpaired) electrons. The molecule has 18 heavy (non-hydrogen) atoms. The van der Waals surface area contributed by atoms with Crippen molar-refractivity contribution >= 4 is 17.8 Å². The molecule has 0 atom stereocenters. The van der Waals surface area contributed by atoms with Crippen molar-refractivity contribution in [3.8, 4) is 0 Å². The fraction of sp³-hybridized carbons (Fsp3) is 0.727. The summed E-state index contributed by atoms with van der Waals surface area (Å²) in [6.07, 6.45) is 3.10. The van der Waals surface area contributed by atoms with E-state index in [0.717, 1.165) is 25.8 Å². The molecular formula is C11H20N6O. The Bertz CT molecular complexity index is 418. The number of nitrogen functional groups attached to an aromatic ring is 1. The van der Waals surface area contributed by atoms with Crippen molar-refractivity contribution in [1.29, 1.82) is 0 Å². The third kappa shape index (κ3) is 2.98. The Balaban J connectivity index is 2.01. The van der Waals surface area contributed by atoms with Crippen LogP contribution >= 0.6 is 0 Å². The lowest BCUT2D eigenvalue weighted by molar-refractivity contribution is 0.253. The van der Waals surface area contributed by atoms with Crippen molar-refractivity contribution in [1.82, 2.24) is 15.0 Å². The number of hydrogen-bond acceptors (Lipinski definition) is 7. The Morgan fingerprint density at radius 2 is 2.06 bits per heavy atom. The highest BCUT2D eigenvalue weighted by Crippen LogP contribution is 2.48. The van der Waals surface area contributed by atoms with Crippen molar-refractivity contribution in [3.63, 3.8) is 0 Å². The number of rotatable bonds is 6. The highest BCUT2D eigenvalue weighted by molar-refractivity contribution is 5.41. The van der Waals surface area contributed by atoms with Gasteiger partial charge in [0.2, 0.25) is 17.8 Å². The second-order valence-electron chi connectivity index (χ2n) is 5.04. The van der Waals surface area contributed by atoms with Crippen molar-refractivity contribution in [2.24, 2.45) is 5.41 Å². The molecule has 1 aromatic rings. The largest absolute Gasteiger partial charge is 0.396 e. The third-order valence-electron chi connectivity index (χ3n) is 3.26. The second kappa shape index (κ2) is 4.93. The number of aliphatic hydroxyl groups is 1. The summed E-state index contributed by atoms with van der Waals surface area (Å²) in [6.45, 7) is 0.994. The van der Waals surface area contributed by atoms with Crippen LogP contribution in [0.15, 0.2) is 0 Å². The molecule has 2 rings (SSSR count). The van der Waals surface area contributed by atoms with Crippen LogP contribution in [0.5, 0.6) is 0 Å². The first-order chi connectivity index (χ1) is 8.54. The van der Waals surface area contributed by atoms with Gasteiger partial charge in [0.15, 0.2) is 0 Å². The maximum Gasteiger partial charge on any atom is 0.231 e. The molecule has 1 aromatic heterocycles. The SMILES string of the molecule is CN(C)c1nc(N)nc(NCC2(CCO)CC2)n1. The standard InChI is InChI=1S/C11H20N6O/c1-17(2)10-15-8(12)14-9(16-10)13-7-11(3-4-11)5-6-18/h18H,3-7H2,1-2H3,(H3,12,13,14,15,16). The average Bonchev–Trinajstić information content (AvgIpc) is 3.07. The predicted molar refractivity (Wildman–Crippen MR) is 70.4 cm³/mol. The second-order valence-corrected chi connectivity index (χ2v) is 5.04. The minimum atomic E-state index is 0.211. The van der Waals surface area contributed by atoms with E-state index in [4.69, 9.17) is 10.8 Å². The molecular weight excluding hydrogens is 232 g/mol. The number of nitrogens with two attached hydrogens (primary N) is 1. The number of nitrogens with one attached hydrogen (secondary N) is 1. The first-order valence-corrected chi connectivity index (χ1v) is 6.08. The van der Waals surface area contributed by atoms with Gasteiger partial charge >= 0.3 is 0 Å². The quantitative estimate of drug-likeness (QED) is 0.660. The van der Waals surface area contributed by atoms with E-state index in [1.54, 1.807) is 4.90 Å². The van der Waals surface area contributed by atoms with Gasteiger partial charge < -0.3 is 21.1 Å². The van der Waals surface area contributed by atoms with E-state index >= 15 is 0 Å². The van der Waals surface area contributed by atoms with Gasteiger partial charge in [0.05, 0.1) is 0 Å². The van der Waals surface area contributed by atoms with Crippen LogP contribution in [-0.2, 0) is 0 Å². The average molecular weight is 252 g/mol. The zero-order valence-corrected chi connectivity index (χ0v) is 10.8. The van der Waals surface area contributed by atoms with Crippen LogP contribution in [0.4, 0.5) is 17.8 Å². The molecule has 0 amide bonds. The van der Waals surface area contributed by atoms with Gasteiger partial charge in [0, 0.05) is 27.2 Å². The van der Waals surface area contributed by atoms with Gasteiger partial charge in [-0.1, -0.05) is 0 Å². The molecule has 0 aromatic carbocycles. The highest BCUT2D eigenvalue weighted by atomic mass is 16.3. The molecule has 4 N–H and O–H groups in total. The zero-order chi connectivity index (χ0) is 13.2. The van der Waals surface area contributed by atoms with E-state index in [0.29, 0.717) is 11.9 Å². The summed E-state index contributed by atoms with van der Waals surface area (Å²) in [4.78, 5) is 14.1. The van der Waals surface area contributed by atoms with Gasteiger partial charge in [-0.3, -0.25) is 0 Å². The van der Waals surface area contributed by atoms with E-state index < -0.39 is 0 Å². The fourth-order valence-electron chi connectivity index (χ4n) is 1.86. The van der Waals surface area contributed by atoms with E-state index in [2.05, 4.69) is 20.3 Å². The maximum absolute atomic E-state index is 9.00. The van der Waals surface area contributed by atoms with Gasteiger partial charge in [-0.05, 0) is 24.7 Å². The number of hydrogen-bond donors (Lipinski definition) is 3. The summed E-state index contributed by atoms with van der Waals surface area (Å²) < 4.78 is 0. The molecule has 7 heteroatoms. The summed E-state index contributed by atoms with van der Waals surface area (Å²) in [7, 11) is 3.71. The molecule has 0 bridgehead atoms. The third-order valence-corrected chi connectivity index (χ3v) is 3.26. The number of anilines is 3. The summed E-state index contributed by atoms with van der Waals surface area (Å²) in [6, 6.07) is 0. The summed E-state index contributed by atoms with van der Waals surface area (Å²) in [5, 5.41) is 12.2. The van der Waals surface area contributed by atoms with Gasteiger partial charge in [-0.15, -0.1) is 0 Å². The molecule has 0 aliphatic heterocycles. The van der Waals surface area contributed by atoms with E-state index in [1.807, 2.05) is 14.1 Å². The van der Waals surface area contributed by atoms with Crippen LogP contribution in [-0.4, -0.2) is 47.3 Å². The van der Waals surface area contributed by atoms with E-state index in [1.165, 1.54) is 0 Å². The summed E-state index contributed by atoms with van der Waals surface area (Å²) >= 11 is 0. The molecule has 100 valence electrons. The highest BCUT2D eigenvalue weighted by Gasteiger charge is 2.41. The lowest BCUT2D eigenvalue weighted by Gasteiger charge is -2.16. The molecule has 1 heterocycles. The normalized spacial score (nSPS) is 16.4. The maximum atomic E-state index is 9.00. The van der Waals surface area contributed by atoms with Crippen molar-refractivity contribution < 1.29 is 5.11 Å². The van der Waals surface area contributed by atoms with Gasteiger partial charge in [0.25, 0.3) is 0 Å². The first-order valence-electron chi connectivity index (χ1n) is 6.08. The molecule has 1 fully saturated rings. The van der Waals surface area contributed by atoms with Crippen molar-refractivity contribution in [3.05, 3.63) is 0 Å². The molecule has 0 spiro atoms. The van der Waals surface area contributed by atoms with Crippen LogP contribution < -0.4 is 16.0 Å². The smallest absolute Gasteiger partial charge is 0.231 e. The van der Waals surface area contributed by atoms with Crippen LogP contribution in [0, 0.1) is 5.41 Å². The lowest BCUT2D eigenvalue weighted by atomic mass is 10.0. The van der Waals surface area contributed by atoms with Crippen LogP contribution in [0.2, 0.25) is 0 Å². The van der Waals surface area contributed by atoms with E-state index in [-0.39, 0.29) is 18.0 Å². The predicted octanol–water partition coefficient (Wildman–Crippen LogP) is 0.0943. The monoisotopic (exact) mass is 252 g/mol. The number of nitrogens with zero attached hydrogens (tertiary/aromatic N) is 4. The minimum Gasteiger partial charge on any atom is -0.396 e. The molecule has 0 unspecified atom stereocenters. The van der Waals surface area contributed by atoms with Crippen LogP contribution in [0.3, 0.4) is 0 Å².